The van der Waals surface area contributed by atoms with E-state index in [9.17, 15) is 0 Å². The molecule has 0 aliphatic heterocycles. The molecule has 0 saturated carbocycles. The van der Waals surface area contributed by atoms with Crippen molar-refractivity contribution in [3.8, 4) is 5.88 Å². The molecule has 3 nitrogen and oxygen atoms in total. The van der Waals surface area contributed by atoms with Crippen LogP contribution in [-0.4, -0.2) is 11.6 Å². The Labute approximate surface area is 57.5 Å². The molecule has 0 bridgehead atoms. The van der Waals surface area contributed by atoms with Gasteiger partial charge in [-0.1, -0.05) is 11.3 Å². The van der Waals surface area contributed by atoms with Crippen LogP contribution in [0.2, 0.25) is 0 Å². The van der Waals surface area contributed by atoms with Crippen molar-refractivity contribution in [3.63, 3.8) is 0 Å². The molecular formula is C5H7N2OS. The van der Waals surface area contributed by atoms with Crippen molar-refractivity contribution in [2.24, 2.45) is 0 Å². The van der Waals surface area contributed by atoms with Gasteiger partial charge in [-0.2, -0.15) is 4.98 Å². The van der Waals surface area contributed by atoms with Crippen LogP contribution < -0.4 is 10.5 Å². The Morgan fingerprint density at radius 2 is 2.67 bits per heavy atom. The molecule has 1 rings (SSSR count). The summed E-state index contributed by atoms with van der Waals surface area (Å²) in [6, 6.07) is 0. The molecule has 9 heavy (non-hydrogen) atoms. The molecular weight excluding hydrogens is 136 g/mol. The lowest BCUT2D eigenvalue weighted by atomic mass is 10.8. The van der Waals surface area contributed by atoms with E-state index in [2.05, 4.69) is 4.98 Å². The summed E-state index contributed by atoms with van der Waals surface area (Å²) < 4.78 is 5.01. The van der Waals surface area contributed by atoms with E-state index in [1.807, 2.05) is 6.92 Å². The van der Waals surface area contributed by atoms with Crippen LogP contribution in [0.4, 0.5) is 5.13 Å². The van der Waals surface area contributed by atoms with Crippen molar-refractivity contribution in [3.05, 3.63) is 5.38 Å². The van der Waals surface area contributed by atoms with Gasteiger partial charge in [-0.25, -0.2) is 0 Å². The molecule has 1 aromatic heterocycles. The summed E-state index contributed by atoms with van der Waals surface area (Å²) in [5, 5.41) is 2.03. The molecule has 0 unspecified atom stereocenters. The van der Waals surface area contributed by atoms with E-state index >= 15 is 0 Å². The fraction of sp³-hybridized carbons (Fsp3) is 0.400. The van der Waals surface area contributed by atoms with E-state index in [1.54, 1.807) is 5.38 Å². The predicted molar refractivity (Wildman–Crippen MR) is 36.0 cm³/mol. The highest BCUT2D eigenvalue weighted by molar-refractivity contribution is 7.13. The third kappa shape index (κ3) is 1.57. The van der Waals surface area contributed by atoms with Crippen molar-refractivity contribution in [2.45, 2.75) is 6.92 Å². The minimum absolute atomic E-state index is 0.304. The Morgan fingerprint density at radius 1 is 1.89 bits per heavy atom. The number of ether oxygens (including phenoxy) is 1. The maximum atomic E-state index is 7.02. The van der Waals surface area contributed by atoms with Crippen LogP contribution >= 0.6 is 11.3 Å². The molecule has 0 spiro atoms. The number of hydrogen-bond donors (Lipinski definition) is 0. The molecule has 0 aliphatic rings. The third-order valence-electron chi connectivity index (χ3n) is 0.775. The van der Waals surface area contributed by atoms with E-state index in [-0.39, 0.29) is 0 Å². The van der Waals surface area contributed by atoms with Crippen LogP contribution in [0.15, 0.2) is 5.38 Å². The van der Waals surface area contributed by atoms with Gasteiger partial charge >= 0.3 is 0 Å². The fourth-order valence-corrected chi connectivity index (χ4v) is 0.949. The van der Waals surface area contributed by atoms with E-state index < -0.39 is 0 Å². The average Bonchev–Trinajstić information content (AvgIpc) is 2.17. The van der Waals surface area contributed by atoms with Gasteiger partial charge < -0.3 is 4.74 Å². The molecule has 0 fully saturated rings. The van der Waals surface area contributed by atoms with Crippen molar-refractivity contribution in [1.29, 1.82) is 0 Å². The highest BCUT2D eigenvalue weighted by atomic mass is 32.1. The van der Waals surface area contributed by atoms with Gasteiger partial charge in [0.1, 0.15) is 0 Å². The minimum Gasteiger partial charge on any atom is -0.477 e. The number of nitrogens with zero attached hydrogens (tertiary/aromatic N) is 1. The van der Waals surface area contributed by atoms with Crippen molar-refractivity contribution < 1.29 is 4.74 Å². The van der Waals surface area contributed by atoms with Gasteiger partial charge in [-0.15, -0.1) is 0 Å². The second-order valence-electron chi connectivity index (χ2n) is 1.42. The van der Waals surface area contributed by atoms with Gasteiger partial charge in [0.25, 0.3) is 0 Å². The first-order valence-electron chi connectivity index (χ1n) is 2.63. The Morgan fingerprint density at radius 3 is 3.11 bits per heavy atom. The Hall–Kier alpha value is -0.770. The standard InChI is InChI=1S/C5H7N2OS/c1-2-8-4-3-9-5(6)7-4/h3,6H,2H2,1H3. The molecule has 1 heterocycles. The Balaban J connectivity index is 2.61. The zero-order valence-electron chi connectivity index (χ0n) is 5.05. The summed E-state index contributed by atoms with van der Waals surface area (Å²) in [5.74, 6) is 0.563. The minimum atomic E-state index is 0.304. The van der Waals surface area contributed by atoms with E-state index in [4.69, 9.17) is 10.5 Å². The monoisotopic (exact) mass is 143 g/mol. The first-order valence-corrected chi connectivity index (χ1v) is 3.51. The number of aromatic nitrogens is 1. The zero-order valence-corrected chi connectivity index (χ0v) is 5.86. The Bertz CT molecular complexity index is 187. The molecule has 1 aromatic rings. The summed E-state index contributed by atoms with van der Waals surface area (Å²) in [4.78, 5) is 3.76. The average molecular weight is 143 g/mol. The van der Waals surface area contributed by atoms with Crippen LogP contribution in [0.25, 0.3) is 0 Å². The molecule has 0 atom stereocenters. The largest absolute Gasteiger partial charge is 0.477 e. The lowest BCUT2D eigenvalue weighted by molar-refractivity contribution is 0.329. The molecule has 0 aromatic carbocycles. The molecule has 4 heteroatoms. The van der Waals surface area contributed by atoms with Crippen LogP contribution in [0.5, 0.6) is 5.88 Å². The summed E-state index contributed by atoms with van der Waals surface area (Å²) in [5.41, 5.74) is 7.02. The highest BCUT2D eigenvalue weighted by Gasteiger charge is 1.95. The quantitative estimate of drug-likeness (QED) is 0.629. The van der Waals surface area contributed by atoms with Crippen LogP contribution in [0.3, 0.4) is 0 Å². The van der Waals surface area contributed by atoms with Gasteiger partial charge in [0.15, 0.2) is 0 Å². The van der Waals surface area contributed by atoms with Crippen LogP contribution in [-0.2, 0) is 0 Å². The number of hydrogen-bond acceptors (Lipinski definition) is 3. The zero-order chi connectivity index (χ0) is 6.69. The number of thiazole rings is 1. The van der Waals surface area contributed by atoms with Gasteiger partial charge in [-0.05, 0) is 6.92 Å². The molecule has 49 valence electrons. The van der Waals surface area contributed by atoms with E-state index in [0.717, 1.165) is 0 Å². The lowest BCUT2D eigenvalue weighted by Gasteiger charge is -1.92. The fourth-order valence-electron chi connectivity index (χ4n) is 0.473. The van der Waals surface area contributed by atoms with Crippen LogP contribution in [0.1, 0.15) is 6.92 Å². The summed E-state index contributed by atoms with van der Waals surface area (Å²) in [7, 11) is 0. The van der Waals surface area contributed by atoms with Crippen LogP contribution in [0, 0.1) is 0 Å². The Kier molecular flexibility index (Phi) is 1.89. The number of rotatable bonds is 2. The topological polar surface area (TPSA) is 45.9 Å². The van der Waals surface area contributed by atoms with Gasteiger partial charge in [-0.3, -0.25) is 5.73 Å². The van der Waals surface area contributed by atoms with Crippen molar-refractivity contribution in [1.82, 2.24) is 10.7 Å². The third-order valence-corrected chi connectivity index (χ3v) is 1.41. The smallest absolute Gasteiger partial charge is 0.226 e. The molecule has 0 amide bonds. The lowest BCUT2D eigenvalue weighted by Crippen LogP contribution is -1.90. The van der Waals surface area contributed by atoms with Gasteiger partial charge in [0.05, 0.1) is 12.0 Å². The first kappa shape index (κ1) is 6.35. The maximum absolute atomic E-state index is 7.02. The van der Waals surface area contributed by atoms with Crippen molar-refractivity contribution >= 4 is 16.5 Å². The first-order chi connectivity index (χ1) is 4.33. The highest BCUT2D eigenvalue weighted by Crippen LogP contribution is 2.18. The van der Waals surface area contributed by atoms with E-state index in [1.165, 1.54) is 11.3 Å². The van der Waals surface area contributed by atoms with E-state index in [0.29, 0.717) is 17.6 Å². The van der Waals surface area contributed by atoms with Gasteiger partial charge in [0, 0.05) is 0 Å². The second-order valence-corrected chi connectivity index (χ2v) is 2.28. The second kappa shape index (κ2) is 2.68. The SMILES string of the molecule is CCOc1csc([NH])n1. The molecule has 0 aliphatic carbocycles. The predicted octanol–water partition coefficient (Wildman–Crippen LogP) is 1.46. The molecule has 1 N–H and O–H groups in total. The molecule has 0 saturated heterocycles. The normalized spacial score (nSPS) is 9.44. The number of nitrogens with one attached hydrogen (secondary N) is 1. The van der Waals surface area contributed by atoms with Gasteiger partial charge in [0.2, 0.25) is 11.0 Å². The summed E-state index contributed by atoms with van der Waals surface area (Å²) in [6.07, 6.45) is 0. The van der Waals surface area contributed by atoms with Crippen molar-refractivity contribution in [2.75, 3.05) is 6.61 Å². The summed E-state index contributed by atoms with van der Waals surface area (Å²) in [6.45, 7) is 2.51. The summed E-state index contributed by atoms with van der Waals surface area (Å²) >= 11 is 1.27. The molecule has 1 radical (unpaired) electrons. The maximum Gasteiger partial charge on any atom is 0.226 e.